The first-order valence-corrected chi connectivity index (χ1v) is 7.47. The smallest absolute Gasteiger partial charge is 0.251 e. The zero-order chi connectivity index (χ0) is 14.2. The first-order valence-electron chi connectivity index (χ1n) is 5.93. The standard InChI is InChI=1S/C12H15FN2O3S/c1-7-5-8(12(16)15-9-3-2-4-9)6-10(11(7)13)19(14,17)18/h5-6,9H,2-4H2,1H3,(H,15,16)(H2,14,17,18). The molecule has 0 aromatic heterocycles. The predicted molar refractivity (Wildman–Crippen MR) is 67.6 cm³/mol. The lowest BCUT2D eigenvalue weighted by molar-refractivity contribution is 0.0916. The van der Waals surface area contributed by atoms with E-state index in [9.17, 15) is 17.6 Å². The number of sulfonamides is 1. The van der Waals surface area contributed by atoms with Crippen molar-refractivity contribution in [3.63, 3.8) is 0 Å². The lowest BCUT2D eigenvalue weighted by Crippen LogP contribution is -2.39. The predicted octanol–water partition coefficient (Wildman–Crippen LogP) is 1.06. The highest BCUT2D eigenvalue weighted by Gasteiger charge is 2.23. The number of hydrogen-bond donors (Lipinski definition) is 2. The summed E-state index contributed by atoms with van der Waals surface area (Å²) in [6.07, 6.45) is 2.89. The van der Waals surface area contributed by atoms with Gasteiger partial charge in [0.05, 0.1) is 0 Å². The molecule has 1 amide bonds. The molecule has 0 bridgehead atoms. The van der Waals surface area contributed by atoms with Gasteiger partial charge in [-0.3, -0.25) is 4.79 Å². The monoisotopic (exact) mass is 286 g/mol. The summed E-state index contributed by atoms with van der Waals surface area (Å²) in [5.41, 5.74) is 0.181. The second-order valence-electron chi connectivity index (χ2n) is 4.75. The van der Waals surface area contributed by atoms with Crippen molar-refractivity contribution in [2.75, 3.05) is 0 Å². The van der Waals surface area contributed by atoms with Gasteiger partial charge in [-0.05, 0) is 43.9 Å². The first-order chi connectivity index (χ1) is 8.79. The van der Waals surface area contributed by atoms with Crippen LogP contribution in [0.2, 0.25) is 0 Å². The summed E-state index contributed by atoms with van der Waals surface area (Å²) < 4.78 is 36.2. The van der Waals surface area contributed by atoms with Crippen LogP contribution in [0, 0.1) is 12.7 Å². The van der Waals surface area contributed by atoms with E-state index in [2.05, 4.69) is 5.32 Å². The summed E-state index contributed by atoms with van der Waals surface area (Å²) >= 11 is 0. The molecule has 104 valence electrons. The normalized spacial score (nSPS) is 15.9. The van der Waals surface area contributed by atoms with Gasteiger partial charge in [0.1, 0.15) is 10.7 Å². The van der Waals surface area contributed by atoms with E-state index >= 15 is 0 Å². The Morgan fingerprint density at radius 2 is 2.05 bits per heavy atom. The molecule has 7 heteroatoms. The number of halogens is 1. The molecular formula is C12H15FN2O3S. The highest BCUT2D eigenvalue weighted by molar-refractivity contribution is 7.89. The van der Waals surface area contributed by atoms with Crippen LogP contribution in [0.25, 0.3) is 0 Å². The largest absolute Gasteiger partial charge is 0.349 e. The molecule has 0 unspecified atom stereocenters. The average Bonchev–Trinajstić information content (AvgIpc) is 2.25. The van der Waals surface area contributed by atoms with Gasteiger partial charge in [0.25, 0.3) is 5.91 Å². The van der Waals surface area contributed by atoms with Crippen molar-refractivity contribution in [3.8, 4) is 0 Å². The van der Waals surface area contributed by atoms with Crippen LogP contribution < -0.4 is 10.5 Å². The van der Waals surface area contributed by atoms with Gasteiger partial charge in [-0.1, -0.05) is 0 Å². The molecule has 1 aliphatic rings. The molecule has 0 radical (unpaired) electrons. The maximum atomic E-state index is 13.7. The van der Waals surface area contributed by atoms with E-state index in [-0.39, 0.29) is 17.2 Å². The Kier molecular flexibility index (Phi) is 3.60. The topological polar surface area (TPSA) is 89.3 Å². The number of aryl methyl sites for hydroxylation is 1. The van der Waals surface area contributed by atoms with Crippen molar-refractivity contribution in [3.05, 3.63) is 29.1 Å². The van der Waals surface area contributed by atoms with Gasteiger partial charge in [0, 0.05) is 11.6 Å². The zero-order valence-corrected chi connectivity index (χ0v) is 11.3. The third-order valence-electron chi connectivity index (χ3n) is 3.23. The third-order valence-corrected chi connectivity index (χ3v) is 4.14. The van der Waals surface area contributed by atoms with Crippen LogP contribution in [0.1, 0.15) is 35.2 Å². The fourth-order valence-electron chi connectivity index (χ4n) is 1.90. The summed E-state index contributed by atoms with van der Waals surface area (Å²) in [7, 11) is -4.19. The summed E-state index contributed by atoms with van der Waals surface area (Å²) in [5, 5.41) is 7.70. The minimum Gasteiger partial charge on any atom is -0.349 e. The van der Waals surface area contributed by atoms with E-state index in [1.807, 2.05) is 0 Å². The van der Waals surface area contributed by atoms with Crippen molar-refractivity contribution in [2.24, 2.45) is 5.14 Å². The molecule has 2 rings (SSSR count). The first kappa shape index (κ1) is 14.0. The number of amides is 1. The number of benzene rings is 1. The Bertz CT molecular complexity index is 624. The molecular weight excluding hydrogens is 271 g/mol. The number of nitrogens with two attached hydrogens (primary N) is 1. The Labute approximate surface area is 111 Å². The van der Waals surface area contributed by atoms with E-state index < -0.39 is 26.6 Å². The summed E-state index contributed by atoms with van der Waals surface area (Å²) in [6, 6.07) is 2.42. The summed E-state index contributed by atoms with van der Waals surface area (Å²) in [4.78, 5) is 11.3. The number of carbonyl (C=O) groups excluding carboxylic acids is 1. The van der Waals surface area contributed by atoms with Crippen LogP contribution in [0.15, 0.2) is 17.0 Å². The molecule has 1 aromatic carbocycles. The van der Waals surface area contributed by atoms with Gasteiger partial charge < -0.3 is 5.32 Å². The van der Waals surface area contributed by atoms with E-state index in [4.69, 9.17) is 5.14 Å². The van der Waals surface area contributed by atoms with Crippen LogP contribution in [-0.2, 0) is 10.0 Å². The maximum Gasteiger partial charge on any atom is 0.251 e. The quantitative estimate of drug-likeness (QED) is 0.870. The van der Waals surface area contributed by atoms with Gasteiger partial charge in [0.15, 0.2) is 0 Å². The van der Waals surface area contributed by atoms with Crippen molar-refractivity contribution < 1.29 is 17.6 Å². The van der Waals surface area contributed by atoms with E-state index in [0.717, 1.165) is 25.3 Å². The number of carbonyl (C=O) groups is 1. The fraction of sp³-hybridized carbons (Fsp3) is 0.417. The molecule has 0 spiro atoms. The zero-order valence-electron chi connectivity index (χ0n) is 10.4. The molecule has 1 fully saturated rings. The molecule has 1 aromatic rings. The summed E-state index contributed by atoms with van der Waals surface area (Å²) in [5.74, 6) is -1.32. The fourth-order valence-corrected chi connectivity index (χ4v) is 2.60. The second-order valence-corrected chi connectivity index (χ2v) is 6.28. The molecule has 5 nitrogen and oxygen atoms in total. The van der Waals surface area contributed by atoms with Gasteiger partial charge in [-0.15, -0.1) is 0 Å². The Balaban J connectivity index is 2.36. The lowest BCUT2D eigenvalue weighted by Gasteiger charge is -2.26. The van der Waals surface area contributed by atoms with Gasteiger partial charge in [0.2, 0.25) is 10.0 Å². The van der Waals surface area contributed by atoms with Crippen LogP contribution in [-0.4, -0.2) is 20.4 Å². The molecule has 0 saturated heterocycles. The second kappa shape index (κ2) is 4.90. The molecule has 0 heterocycles. The number of hydrogen-bond acceptors (Lipinski definition) is 3. The Morgan fingerprint density at radius 1 is 1.42 bits per heavy atom. The van der Waals surface area contributed by atoms with Crippen LogP contribution in [0.3, 0.4) is 0 Å². The molecule has 1 saturated carbocycles. The van der Waals surface area contributed by atoms with E-state index in [1.165, 1.54) is 13.0 Å². The van der Waals surface area contributed by atoms with E-state index in [1.54, 1.807) is 0 Å². The highest BCUT2D eigenvalue weighted by atomic mass is 32.2. The van der Waals surface area contributed by atoms with Gasteiger partial charge in [-0.2, -0.15) is 0 Å². The average molecular weight is 286 g/mol. The van der Waals surface area contributed by atoms with Gasteiger partial charge in [-0.25, -0.2) is 17.9 Å². The SMILES string of the molecule is Cc1cc(C(=O)NC2CCC2)cc(S(N)(=O)=O)c1F. The van der Waals surface area contributed by atoms with Crippen LogP contribution >= 0.6 is 0 Å². The minimum atomic E-state index is -4.19. The molecule has 0 atom stereocenters. The van der Waals surface area contributed by atoms with Crippen LogP contribution in [0.4, 0.5) is 4.39 Å². The lowest BCUT2D eigenvalue weighted by atomic mass is 9.93. The number of nitrogens with one attached hydrogen (secondary N) is 1. The van der Waals surface area contributed by atoms with Crippen LogP contribution in [0.5, 0.6) is 0 Å². The van der Waals surface area contributed by atoms with Crippen molar-refractivity contribution in [1.82, 2.24) is 5.32 Å². The van der Waals surface area contributed by atoms with Crippen molar-refractivity contribution >= 4 is 15.9 Å². The molecule has 1 aliphatic carbocycles. The Hall–Kier alpha value is -1.47. The summed E-state index contributed by atoms with van der Waals surface area (Å²) in [6.45, 7) is 1.39. The Morgan fingerprint density at radius 3 is 2.53 bits per heavy atom. The third kappa shape index (κ3) is 2.93. The van der Waals surface area contributed by atoms with Crippen molar-refractivity contribution in [1.29, 1.82) is 0 Å². The molecule has 3 N–H and O–H groups in total. The number of primary sulfonamides is 1. The van der Waals surface area contributed by atoms with E-state index in [0.29, 0.717) is 0 Å². The number of rotatable bonds is 3. The minimum absolute atomic E-state index is 0.0743. The highest BCUT2D eigenvalue weighted by Crippen LogP contribution is 2.21. The molecule has 0 aliphatic heterocycles. The maximum absolute atomic E-state index is 13.7. The molecule has 19 heavy (non-hydrogen) atoms. The van der Waals surface area contributed by atoms with Crippen molar-refractivity contribution in [2.45, 2.75) is 37.1 Å². The van der Waals surface area contributed by atoms with Gasteiger partial charge >= 0.3 is 0 Å².